The number of nitrogens with one attached hydrogen (secondary N) is 2. The number of nitrogens with zero attached hydrogens (tertiary/aromatic N) is 1. The van der Waals surface area contributed by atoms with E-state index in [1.54, 1.807) is 13.0 Å². The van der Waals surface area contributed by atoms with E-state index in [0.29, 0.717) is 0 Å². The summed E-state index contributed by atoms with van der Waals surface area (Å²) in [4.78, 5) is 12.2. The minimum Gasteiger partial charge on any atom is -0.462 e. The van der Waals surface area contributed by atoms with Gasteiger partial charge in [-0.05, 0) is 43.7 Å². The predicted molar refractivity (Wildman–Crippen MR) is 102 cm³/mol. The molecule has 0 bridgehead atoms. The van der Waals surface area contributed by atoms with Crippen LogP contribution in [0.3, 0.4) is 0 Å². The molecule has 2 N–H and O–H groups in total. The lowest BCUT2D eigenvalue weighted by Gasteiger charge is -2.21. The summed E-state index contributed by atoms with van der Waals surface area (Å²) in [6.07, 6.45) is -4.46. The first-order valence-electron chi connectivity index (χ1n) is 8.83. The van der Waals surface area contributed by atoms with Crippen molar-refractivity contribution in [2.75, 3.05) is 11.9 Å². The van der Waals surface area contributed by atoms with Gasteiger partial charge in [0.2, 0.25) is 0 Å². The van der Waals surface area contributed by atoms with Crippen LogP contribution in [0.2, 0.25) is 0 Å². The molecule has 0 aliphatic heterocycles. The topological polar surface area (TPSA) is 74.2 Å². The van der Waals surface area contributed by atoms with Gasteiger partial charge < -0.3 is 15.4 Å². The summed E-state index contributed by atoms with van der Waals surface area (Å²) in [6.45, 7) is 3.51. The summed E-state index contributed by atoms with van der Waals surface area (Å²) in [5.74, 6) is -0.792. The first-order chi connectivity index (χ1) is 13.8. The van der Waals surface area contributed by atoms with Crippen molar-refractivity contribution in [3.8, 4) is 6.07 Å². The van der Waals surface area contributed by atoms with E-state index in [0.717, 1.165) is 17.7 Å². The molecule has 0 spiro atoms. The zero-order valence-corrected chi connectivity index (χ0v) is 15.9. The first kappa shape index (κ1) is 21.8. The molecule has 2 aromatic carbocycles. The number of alkyl halides is 3. The maximum atomic E-state index is 12.8. The molecule has 0 fully saturated rings. The highest BCUT2D eigenvalue weighted by Gasteiger charge is 2.30. The van der Waals surface area contributed by atoms with Crippen LogP contribution in [0, 0.1) is 11.3 Å². The van der Waals surface area contributed by atoms with Crippen LogP contribution in [-0.2, 0) is 15.7 Å². The highest BCUT2D eigenvalue weighted by atomic mass is 19.4. The van der Waals surface area contributed by atoms with Crippen molar-refractivity contribution in [2.24, 2.45) is 0 Å². The van der Waals surface area contributed by atoms with E-state index in [4.69, 9.17) is 4.74 Å². The van der Waals surface area contributed by atoms with Gasteiger partial charge in [0.15, 0.2) is 5.57 Å². The maximum Gasteiger partial charge on any atom is 0.416 e. The third-order valence-electron chi connectivity index (χ3n) is 3.98. The third-order valence-corrected chi connectivity index (χ3v) is 3.98. The van der Waals surface area contributed by atoms with Gasteiger partial charge in [0, 0.05) is 11.7 Å². The molecule has 5 nitrogen and oxygen atoms in total. The number of nitriles is 1. The van der Waals surface area contributed by atoms with Crippen molar-refractivity contribution in [1.82, 2.24) is 5.32 Å². The Labute approximate surface area is 166 Å². The Morgan fingerprint density at radius 2 is 1.76 bits per heavy atom. The minimum atomic E-state index is -4.46. The van der Waals surface area contributed by atoms with E-state index in [-0.39, 0.29) is 29.7 Å². The van der Waals surface area contributed by atoms with Crippen LogP contribution in [0.25, 0.3) is 0 Å². The van der Waals surface area contributed by atoms with Crippen molar-refractivity contribution < 1.29 is 22.7 Å². The molecule has 0 heterocycles. The maximum absolute atomic E-state index is 12.8. The van der Waals surface area contributed by atoms with Crippen molar-refractivity contribution in [1.29, 1.82) is 5.26 Å². The van der Waals surface area contributed by atoms with Gasteiger partial charge in [-0.25, -0.2) is 4.79 Å². The smallest absolute Gasteiger partial charge is 0.416 e. The number of rotatable bonds is 7. The van der Waals surface area contributed by atoms with Gasteiger partial charge >= 0.3 is 12.1 Å². The molecule has 0 saturated carbocycles. The highest BCUT2D eigenvalue weighted by Crippen LogP contribution is 2.30. The average molecular weight is 403 g/mol. The zero-order valence-electron chi connectivity index (χ0n) is 15.9. The summed E-state index contributed by atoms with van der Waals surface area (Å²) in [7, 11) is 0. The Kier molecular flexibility index (Phi) is 7.26. The molecule has 0 saturated heterocycles. The van der Waals surface area contributed by atoms with E-state index < -0.39 is 17.7 Å². The largest absolute Gasteiger partial charge is 0.462 e. The van der Waals surface area contributed by atoms with Crippen LogP contribution < -0.4 is 10.6 Å². The van der Waals surface area contributed by atoms with Crippen LogP contribution >= 0.6 is 0 Å². The van der Waals surface area contributed by atoms with Gasteiger partial charge in [-0.2, -0.15) is 18.4 Å². The Balaban J connectivity index is 2.36. The molecule has 0 unspecified atom stereocenters. The fourth-order valence-electron chi connectivity index (χ4n) is 2.51. The van der Waals surface area contributed by atoms with Gasteiger partial charge in [0.25, 0.3) is 0 Å². The van der Waals surface area contributed by atoms with E-state index in [1.165, 1.54) is 12.1 Å². The van der Waals surface area contributed by atoms with Crippen molar-refractivity contribution in [3.63, 3.8) is 0 Å². The number of hydrogen-bond donors (Lipinski definition) is 2. The summed E-state index contributed by atoms with van der Waals surface area (Å²) in [5.41, 5.74) is 0.0535. The van der Waals surface area contributed by atoms with Crippen LogP contribution in [0.4, 0.5) is 18.9 Å². The first-order valence-corrected chi connectivity index (χ1v) is 8.83. The molecule has 0 aliphatic rings. The molecule has 152 valence electrons. The molecule has 2 aromatic rings. The SMILES string of the molecule is CCOC(=O)/C(C#N)=C(/Nc1ccc(C(F)(F)F)cc1)N[C@@H](C)c1ccccc1. The van der Waals surface area contributed by atoms with Crippen LogP contribution in [0.1, 0.15) is 31.0 Å². The fraction of sp³-hybridized carbons (Fsp3) is 0.238. The Morgan fingerprint density at radius 3 is 2.28 bits per heavy atom. The lowest BCUT2D eigenvalue weighted by Crippen LogP contribution is -2.27. The van der Waals surface area contributed by atoms with E-state index in [9.17, 15) is 23.2 Å². The predicted octanol–water partition coefficient (Wildman–Crippen LogP) is 4.77. The number of ether oxygens (including phenoxy) is 1. The van der Waals surface area contributed by atoms with Gasteiger partial charge in [-0.3, -0.25) is 0 Å². The van der Waals surface area contributed by atoms with Crippen LogP contribution in [-0.4, -0.2) is 12.6 Å². The molecule has 0 aromatic heterocycles. The minimum absolute atomic E-state index is 0.0436. The number of benzene rings is 2. The van der Waals surface area contributed by atoms with E-state index in [1.807, 2.05) is 37.3 Å². The molecule has 0 amide bonds. The molecule has 2 rings (SSSR count). The Bertz CT molecular complexity index is 902. The lowest BCUT2D eigenvalue weighted by atomic mass is 10.1. The molecule has 8 heteroatoms. The second-order valence-corrected chi connectivity index (χ2v) is 6.06. The summed E-state index contributed by atoms with van der Waals surface area (Å²) in [6, 6.07) is 15.0. The van der Waals surface area contributed by atoms with Crippen molar-refractivity contribution in [3.05, 3.63) is 77.1 Å². The number of anilines is 1. The summed E-state index contributed by atoms with van der Waals surface area (Å²) >= 11 is 0. The third kappa shape index (κ3) is 6.01. The number of esters is 1. The van der Waals surface area contributed by atoms with Crippen LogP contribution in [0.15, 0.2) is 66.0 Å². The number of halogens is 3. The fourth-order valence-corrected chi connectivity index (χ4v) is 2.51. The second-order valence-electron chi connectivity index (χ2n) is 6.06. The summed E-state index contributed by atoms with van der Waals surface area (Å²) in [5, 5.41) is 15.3. The standard InChI is InChI=1S/C21H20F3N3O2/c1-3-29-20(28)18(13-25)19(26-14(2)15-7-5-4-6-8-15)27-17-11-9-16(10-12-17)21(22,23)24/h4-12,14,26-27H,3H2,1-2H3/b19-18+/t14-/m0/s1. The Hall–Kier alpha value is -3.47. The van der Waals surface area contributed by atoms with Gasteiger partial charge in [0.1, 0.15) is 11.9 Å². The Morgan fingerprint density at radius 1 is 1.14 bits per heavy atom. The molecular weight excluding hydrogens is 383 g/mol. The van der Waals surface area contributed by atoms with Gasteiger partial charge in [-0.15, -0.1) is 0 Å². The average Bonchev–Trinajstić information content (AvgIpc) is 2.69. The van der Waals surface area contributed by atoms with Gasteiger partial charge in [-0.1, -0.05) is 30.3 Å². The molecule has 0 radical (unpaired) electrons. The molecular formula is C21H20F3N3O2. The normalized spacial score (nSPS) is 13.0. The van der Waals surface area contributed by atoms with E-state index in [2.05, 4.69) is 10.6 Å². The monoisotopic (exact) mass is 403 g/mol. The number of carbonyl (C=O) groups excluding carboxylic acids is 1. The zero-order chi connectivity index (χ0) is 21.4. The quantitative estimate of drug-likeness (QED) is 0.396. The molecule has 29 heavy (non-hydrogen) atoms. The summed E-state index contributed by atoms with van der Waals surface area (Å²) < 4.78 is 43.2. The van der Waals surface area contributed by atoms with Gasteiger partial charge in [0.05, 0.1) is 12.2 Å². The number of carbonyl (C=O) groups is 1. The van der Waals surface area contributed by atoms with Crippen molar-refractivity contribution in [2.45, 2.75) is 26.1 Å². The highest BCUT2D eigenvalue weighted by molar-refractivity contribution is 5.94. The molecule has 0 aliphatic carbocycles. The lowest BCUT2D eigenvalue weighted by molar-refractivity contribution is -0.138. The second kappa shape index (κ2) is 9.64. The van der Waals surface area contributed by atoms with Crippen LogP contribution in [0.5, 0.6) is 0 Å². The number of hydrogen-bond acceptors (Lipinski definition) is 5. The molecule has 1 atom stereocenters. The van der Waals surface area contributed by atoms with E-state index >= 15 is 0 Å². The van der Waals surface area contributed by atoms with Crippen molar-refractivity contribution >= 4 is 11.7 Å².